The van der Waals surface area contributed by atoms with E-state index >= 15 is 0 Å². The van der Waals surface area contributed by atoms with Crippen LogP contribution >= 0.6 is 0 Å². The molecule has 1 amide bonds. The molecule has 0 bridgehead atoms. The highest BCUT2D eigenvalue weighted by atomic mass is 16.5. The van der Waals surface area contributed by atoms with E-state index in [1.807, 2.05) is 38.1 Å². The van der Waals surface area contributed by atoms with Crippen molar-refractivity contribution >= 4 is 17.4 Å². The van der Waals surface area contributed by atoms with Crippen molar-refractivity contribution in [2.45, 2.75) is 33.7 Å². The van der Waals surface area contributed by atoms with Crippen molar-refractivity contribution in [1.29, 1.82) is 0 Å². The molecular weight excluding hydrogens is 354 g/mol. The van der Waals surface area contributed by atoms with Gasteiger partial charge in [-0.25, -0.2) is 0 Å². The Morgan fingerprint density at radius 1 is 1.14 bits per heavy atom. The summed E-state index contributed by atoms with van der Waals surface area (Å²) in [6, 6.07) is 14.0. The SMILES string of the molecule is CCOc1ccc(N2C(=O)C(O)=C(C(=O)C(C)C)C2c2ccccc2C)cc1. The summed E-state index contributed by atoms with van der Waals surface area (Å²) < 4.78 is 5.48. The molecule has 1 aliphatic heterocycles. The molecule has 1 heterocycles. The number of amides is 1. The average molecular weight is 379 g/mol. The van der Waals surface area contributed by atoms with E-state index in [9.17, 15) is 14.7 Å². The number of aliphatic hydroxyl groups excluding tert-OH is 1. The molecule has 0 radical (unpaired) electrons. The van der Waals surface area contributed by atoms with Gasteiger partial charge in [0.15, 0.2) is 11.5 Å². The van der Waals surface area contributed by atoms with Gasteiger partial charge >= 0.3 is 0 Å². The Hall–Kier alpha value is -3.08. The zero-order chi connectivity index (χ0) is 20.4. The van der Waals surface area contributed by atoms with Crippen molar-refractivity contribution in [3.05, 3.63) is 71.0 Å². The van der Waals surface area contributed by atoms with Crippen LogP contribution in [0, 0.1) is 12.8 Å². The van der Waals surface area contributed by atoms with Crippen LogP contribution in [0.15, 0.2) is 59.9 Å². The van der Waals surface area contributed by atoms with Crippen molar-refractivity contribution in [2.75, 3.05) is 11.5 Å². The highest BCUT2D eigenvalue weighted by Gasteiger charge is 2.45. The Kier molecular flexibility index (Phi) is 5.54. The highest BCUT2D eigenvalue weighted by molar-refractivity contribution is 6.16. The van der Waals surface area contributed by atoms with E-state index in [-0.39, 0.29) is 17.3 Å². The van der Waals surface area contributed by atoms with Gasteiger partial charge in [0, 0.05) is 11.6 Å². The van der Waals surface area contributed by atoms with Gasteiger partial charge in [0.05, 0.1) is 18.2 Å². The number of anilines is 1. The number of Topliss-reactive ketones (excluding diaryl/α,β-unsaturated/α-hetero) is 1. The number of carbonyl (C=O) groups excluding carboxylic acids is 2. The molecule has 0 spiro atoms. The van der Waals surface area contributed by atoms with Gasteiger partial charge in [0.25, 0.3) is 5.91 Å². The number of rotatable bonds is 6. The number of ether oxygens (including phenoxy) is 1. The van der Waals surface area contributed by atoms with E-state index < -0.39 is 17.7 Å². The smallest absolute Gasteiger partial charge is 0.294 e. The largest absolute Gasteiger partial charge is 0.503 e. The van der Waals surface area contributed by atoms with Gasteiger partial charge in [-0.1, -0.05) is 38.1 Å². The molecule has 0 aromatic heterocycles. The molecule has 0 fully saturated rings. The first kappa shape index (κ1) is 19.7. The minimum atomic E-state index is -0.665. The number of aliphatic hydroxyl groups is 1. The number of hydrogen-bond donors (Lipinski definition) is 1. The maximum atomic E-state index is 13.0. The summed E-state index contributed by atoms with van der Waals surface area (Å²) in [5.74, 6) is -0.910. The third-order valence-corrected chi connectivity index (χ3v) is 4.91. The Balaban J connectivity index is 2.14. The minimum Gasteiger partial charge on any atom is -0.503 e. The van der Waals surface area contributed by atoms with Crippen LogP contribution in [0.5, 0.6) is 5.75 Å². The molecule has 28 heavy (non-hydrogen) atoms. The first-order valence-electron chi connectivity index (χ1n) is 9.46. The summed E-state index contributed by atoms with van der Waals surface area (Å²) in [6.45, 7) is 7.91. The Labute approximate surface area is 165 Å². The fourth-order valence-corrected chi connectivity index (χ4v) is 3.49. The summed E-state index contributed by atoms with van der Waals surface area (Å²) in [5, 5.41) is 10.6. The van der Waals surface area contributed by atoms with Crippen molar-refractivity contribution in [3.8, 4) is 5.75 Å². The van der Waals surface area contributed by atoms with E-state index in [1.54, 1.807) is 38.1 Å². The molecule has 3 rings (SSSR count). The second-order valence-electron chi connectivity index (χ2n) is 7.14. The average Bonchev–Trinajstić information content (AvgIpc) is 2.93. The van der Waals surface area contributed by atoms with Crippen LogP contribution in [-0.4, -0.2) is 23.4 Å². The molecule has 146 valence electrons. The van der Waals surface area contributed by atoms with Crippen molar-refractivity contribution < 1.29 is 19.4 Å². The normalized spacial score (nSPS) is 16.8. The summed E-state index contributed by atoms with van der Waals surface area (Å²) in [5.41, 5.74) is 2.51. The third kappa shape index (κ3) is 3.40. The number of ketones is 1. The Bertz CT molecular complexity index is 928. The molecule has 1 unspecified atom stereocenters. The standard InChI is InChI=1S/C23H25NO4/c1-5-28-17-12-10-16(11-13-17)24-20(18-9-7-6-8-15(18)4)19(21(25)14(2)3)22(26)23(24)27/h6-14,20,26H,5H2,1-4H3. The fourth-order valence-electron chi connectivity index (χ4n) is 3.49. The summed E-state index contributed by atoms with van der Waals surface area (Å²) >= 11 is 0. The van der Waals surface area contributed by atoms with Gasteiger partial charge in [-0.3, -0.25) is 14.5 Å². The third-order valence-electron chi connectivity index (χ3n) is 4.91. The van der Waals surface area contributed by atoms with Crippen molar-refractivity contribution in [2.24, 2.45) is 5.92 Å². The predicted molar refractivity (Wildman–Crippen MR) is 109 cm³/mol. The predicted octanol–water partition coefficient (Wildman–Crippen LogP) is 4.52. The molecular formula is C23H25NO4. The van der Waals surface area contributed by atoms with Crippen LogP contribution in [0.1, 0.15) is 37.9 Å². The van der Waals surface area contributed by atoms with Gasteiger partial charge in [-0.15, -0.1) is 0 Å². The first-order valence-corrected chi connectivity index (χ1v) is 9.46. The van der Waals surface area contributed by atoms with E-state index in [0.29, 0.717) is 18.0 Å². The van der Waals surface area contributed by atoms with Gasteiger partial charge in [-0.05, 0) is 49.2 Å². The maximum Gasteiger partial charge on any atom is 0.294 e. The van der Waals surface area contributed by atoms with Gasteiger partial charge < -0.3 is 9.84 Å². The summed E-state index contributed by atoms with van der Waals surface area (Å²) in [4.78, 5) is 27.4. The maximum absolute atomic E-state index is 13.0. The van der Waals surface area contributed by atoms with E-state index in [0.717, 1.165) is 11.1 Å². The molecule has 5 heteroatoms. The Morgan fingerprint density at radius 2 is 1.79 bits per heavy atom. The molecule has 5 nitrogen and oxygen atoms in total. The second kappa shape index (κ2) is 7.89. The van der Waals surface area contributed by atoms with Crippen LogP contribution in [0.3, 0.4) is 0 Å². The first-order chi connectivity index (χ1) is 13.4. The van der Waals surface area contributed by atoms with Gasteiger partial charge in [0.1, 0.15) is 5.75 Å². The topological polar surface area (TPSA) is 66.8 Å². The molecule has 0 saturated heterocycles. The summed E-state index contributed by atoms with van der Waals surface area (Å²) in [7, 11) is 0. The number of nitrogens with zero attached hydrogens (tertiary/aromatic N) is 1. The minimum absolute atomic E-state index is 0.156. The number of benzene rings is 2. The second-order valence-corrected chi connectivity index (χ2v) is 7.14. The molecule has 1 atom stereocenters. The van der Waals surface area contributed by atoms with Crippen molar-refractivity contribution in [3.63, 3.8) is 0 Å². The zero-order valence-corrected chi connectivity index (χ0v) is 16.6. The molecule has 0 aliphatic carbocycles. The fraction of sp³-hybridized carbons (Fsp3) is 0.304. The quantitative estimate of drug-likeness (QED) is 0.801. The van der Waals surface area contributed by atoms with E-state index in [2.05, 4.69) is 0 Å². The summed E-state index contributed by atoms with van der Waals surface area (Å²) in [6.07, 6.45) is 0. The lowest BCUT2D eigenvalue weighted by Crippen LogP contribution is -2.31. The van der Waals surface area contributed by atoms with Gasteiger partial charge in [0.2, 0.25) is 0 Å². The lowest BCUT2D eigenvalue weighted by atomic mass is 9.89. The Morgan fingerprint density at radius 3 is 2.36 bits per heavy atom. The number of hydrogen-bond acceptors (Lipinski definition) is 4. The number of aryl methyl sites for hydroxylation is 1. The number of carbonyl (C=O) groups is 2. The van der Waals surface area contributed by atoms with Crippen LogP contribution in [0.2, 0.25) is 0 Å². The highest BCUT2D eigenvalue weighted by Crippen LogP contribution is 2.43. The molecule has 0 saturated carbocycles. The van der Waals surface area contributed by atoms with E-state index in [1.165, 1.54) is 4.90 Å². The van der Waals surface area contributed by atoms with Crippen LogP contribution < -0.4 is 9.64 Å². The monoisotopic (exact) mass is 379 g/mol. The van der Waals surface area contributed by atoms with Crippen LogP contribution in [0.25, 0.3) is 0 Å². The van der Waals surface area contributed by atoms with Crippen molar-refractivity contribution in [1.82, 2.24) is 0 Å². The molecule has 1 aliphatic rings. The molecule has 1 N–H and O–H groups in total. The molecule has 2 aromatic carbocycles. The zero-order valence-electron chi connectivity index (χ0n) is 16.6. The van der Waals surface area contributed by atoms with E-state index in [4.69, 9.17) is 4.74 Å². The van der Waals surface area contributed by atoms with Crippen LogP contribution in [0.4, 0.5) is 5.69 Å². The van der Waals surface area contributed by atoms with Crippen LogP contribution in [-0.2, 0) is 9.59 Å². The molecule has 2 aromatic rings. The van der Waals surface area contributed by atoms with Gasteiger partial charge in [-0.2, -0.15) is 0 Å². The lowest BCUT2D eigenvalue weighted by molar-refractivity contribution is -0.119. The lowest BCUT2D eigenvalue weighted by Gasteiger charge is -2.28.